The maximum absolute atomic E-state index is 10.0. The zero-order chi connectivity index (χ0) is 44.3. The predicted octanol–water partition coefficient (Wildman–Crippen LogP) is 1.21. The fourth-order valence-corrected chi connectivity index (χ4v) is 148. The summed E-state index contributed by atoms with van der Waals surface area (Å²) in [5, 5.41) is 0. The molecule has 0 saturated heterocycles. The lowest BCUT2D eigenvalue weighted by Crippen LogP contribution is -2.19. The van der Waals surface area contributed by atoms with Gasteiger partial charge in [-0.1, -0.05) is 0 Å². The van der Waals surface area contributed by atoms with Crippen molar-refractivity contribution in [3.05, 3.63) is 0 Å². The van der Waals surface area contributed by atoms with E-state index in [9.17, 15) is 4.55 Å². The smallest absolute Gasteiger partial charge is 0.0363 e. The average molecular weight is 1870 g/mol. The lowest BCUT2D eigenvalue weighted by atomic mass is 10.3. The molecule has 0 aromatic carbocycles. The summed E-state index contributed by atoms with van der Waals surface area (Å²) in [5.41, 5.74) is 0. The Morgan fingerprint density at radius 3 is 0.459 bits per heavy atom. The van der Waals surface area contributed by atoms with Crippen LogP contribution in [-0.2, 0) is 500 Å². The van der Waals surface area contributed by atoms with E-state index < -0.39 is 9.74 Å². The third kappa shape index (κ3) is 66.6. The molecule has 0 aromatic heterocycles. The topological polar surface area (TPSA) is 20.2 Å². The van der Waals surface area contributed by atoms with Crippen LogP contribution < -0.4 is 0 Å². The minimum Gasteiger partial charge on any atom is -0.327 e. The van der Waals surface area contributed by atoms with Gasteiger partial charge in [-0.15, -0.1) is 0 Å². The molecule has 1 nitrogen and oxygen atoms in total. The van der Waals surface area contributed by atoms with Gasteiger partial charge in [-0.3, -0.25) is 0 Å². The highest BCUT2D eigenvalue weighted by Gasteiger charge is 2.12. The zero-order valence-corrected chi connectivity index (χ0v) is 72.5. The summed E-state index contributed by atoms with van der Waals surface area (Å²) >= 11 is 4.82. The molecular weight excluding hydrogens is 1860 g/mol. The number of hydrogen-bond acceptors (Lipinski definition) is 1. The van der Waals surface area contributed by atoms with E-state index >= 15 is 0 Å². The van der Waals surface area contributed by atoms with Gasteiger partial charge >= 0.3 is 0 Å². The highest BCUT2D eigenvalue weighted by Crippen LogP contribution is 2.08. The van der Waals surface area contributed by atoms with Gasteiger partial charge in [0, 0.05) is 425 Å². The molecule has 0 spiro atoms. The molecule has 0 aromatic rings. The van der Waals surface area contributed by atoms with Crippen molar-refractivity contribution in [2.45, 2.75) is 25.5 Å². The van der Waals surface area contributed by atoms with Crippen LogP contribution in [0.15, 0.2) is 0 Å². The van der Waals surface area contributed by atoms with Crippen molar-refractivity contribution in [1.29, 1.82) is 0 Å². The lowest BCUT2D eigenvalue weighted by molar-refractivity contribution is 0.615. The van der Waals surface area contributed by atoms with Crippen LogP contribution in [0.2, 0.25) is 0 Å². The van der Waals surface area contributed by atoms with Crippen LogP contribution in [0, 0.1) is 0 Å². The van der Waals surface area contributed by atoms with E-state index in [2.05, 4.69) is 20.8 Å². The molecule has 1 unspecified atom stereocenters. The molecule has 0 rings (SSSR count). The van der Waals surface area contributed by atoms with Gasteiger partial charge in [-0.05, 0) is 101 Å². The van der Waals surface area contributed by atoms with Crippen LogP contribution in [0.3, 0.4) is 0 Å². The first-order chi connectivity index (χ1) is 30.0. The monoisotopic (exact) mass is 1860 g/mol. The first-order valence-electron chi connectivity index (χ1n) is 11.1. The summed E-state index contributed by atoms with van der Waals surface area (Å²) in [5.74, 6) is 0. The van der Waals surface area contributed by atoms with E-state index in [1.165, 1.54) is 8.88 Å². The standard InChI is InChI=1S/C4H10OS56/c1-4(2,3)61(5)60-59-58-57-56-55-54-53-52-51-50-49-48-47-46-45-44-43-42-41-40-39-38-37-36-35-34-33-32-31-30-29-28-27-26-25-24-23-22-21-20-19-18-17-16-15-14-13-12-11-10-9-8-7-6/h5H,1-3H3. The van der Waals surface area contributed by atoms with E-state index in [-0.39, 0.29) is 4.75 Å². The lowest BCUT2D eigenvalue weighted by Gasteiger charge is -2.14. The van der Waals surface area contributed by atoms with Gasteiger partial charge in [0.1, 0.15) is 0 Å². The first-order valence-corrected chi connectivity index (χ1v) is 85.2. The first kappa shape index (κ1) is 73.4. The van der Waals surface area contributed by atoms with Crippen molar-refractivity contribution < 1.29 is 4.55 Å². The van der Waals surface area contributed by atoms with E-state index in [0.29, 0.717) is 0 Å². The van der Waals surface area contributed by atoms with E-state index in [1.54, 1.807) is 133 Å². The van der Waals surface area contributed by atoms with Crippen molar-refractivity contribution in [2.24, 2.45) is 0 Å². The normalized spacial score (nSPS) is 8.98. The second kappa shape index (κ2) is 64.9. The predicted molar refractivity (Wildman–Crippen MR) is 435 cm³/mol. The maximum Gasteiger partial charge on any atom is 0.0363 e. The summed E-state index contributed by atoms with van der Waals surface area (Å²) in [6.07, 6.45) is 0. The third-order valence-corrected chi connectivity index (χ3v) is 124. The van der Waals surface area contributed by atoms with Crippen molar-refractivity contribution in [2.75, 3.05) is 0 Å². The molecule has 1 N–H and O–H groups in total. The molecule has 0 amide bonds. The van der Waals surface area contributed by atoms with Crippen molar-refractivity contribution in [1.82, 2.24) is 0 Å². The Morgan fingerprint density at radius 2 is 0.344 bits per heavy atom. The minimum atomic E-state index is -0.622. The van der Waals surface area contributed by atoms with Gasteiger partial charge in [0.05, 0.1) is 0 Å². The summed E-state index contributed by atoms with van der Waals surface area (Å²) in [6, 6.07) is 0. The SMILES string of the molecule is CC(C)(C)S(O)=S=S=S=S=S=S=S=S=S=S=S=S=S=S=S=S=S=S=S=S=S=S=S=S=S=S=S=S=S=S=S=S=S=S=S=S=S=S=S=S=S=S=S=S=S=S=S=S=S=S=S=S=S=S=S. The van der Waals surface area contributed by atoms with Crippen LogP contribution in [0.1, 0.15) is 20.8 Å². The quantitative estimate of drug-likeness (QED) is 0.395. The summed E-state index contributed by atoms with van der Waals surface area (Å²) in [4.78, 5) is 0. The van der Waals surface area contributed by atoms with E-state index in [1.807, 2.05) is 337 Å². The Bertz CT molecular complexity index is 4170. The molecule has 0 radical (unpaired) electrons. The summed E-state index contributed by atoms with van der Waals surface area (Å²) in [6.45, 7) is 6.20. The van der Waals surface area contributed by atoms with Crippen LogP contribution in [0.5, 0.6) is 0 Å². The maximum atomic E-state index is 10.0. The molecule has 0 heterocycles. The Labute approximate surface area is 515 Å². The van der Waals surface area contributed by atoms with Gasteiger partial charge < -0.3 is 4.55 Å². The molecule has 0 aliphatic carbocycles. The number of rotatable bonds is 0. The van der Waals surface area contributed by atoms with Gasteiger partial charge in [-0.25, -0.2) is 0 Å². The second-order valence-electron chi connectivity index (χ2n) is 6.04. The molecular formula is C4H10OS56. The van der Waals surface area contributed by atoms with Gasteiger partial charge in [0.25, 0.3) is 0 Å². The Kier molecular flexibility index (Phi) is 78.1. The largest absolute Gasteiger partial charge is 0.327 e. The fraction of sp³-hybridized carbons (Fsp3) is 1.00. The summed E-state index contributed by atoms with van der Waals surface area (Å²) < 4.78 is 9.99. The zero-order valence-electron chi connectivity index (χ0n) is 26.8. The van der Waals surface area contributed by atoms with Crippen molar-refractivity contribution in [3.63, 3.8) is 0 Å². The van der Waals surface area contributed by atoms with Gasteiger partial charge in [0.15, 0.2) is 0 Å². The average Bonchev–Trinajstić information content (AvgIpc) is 3.25. The molecule has 0 fully saturated rings. The van der Waals surface area contributed by atoms with Crippen LogP contribution >= 0.6 is 0 Å². The second-order valence-corrected chi connectivity index (χ2v) is 104. The molecule has 0 bridgehead atoms. The Balaban J connectivity index is 6.11. The molecule has 1 atom stereocenters. The molecule has 0 aliphatic rings. The highest BCUT2D eigenvalue weighted by atomic mass is 33.5. The number of hydrogen-bond donors (Lipinski definition) is 1. The third-order valence-electron chi connectivity index (χ3n) is 2.06. The van der Waals surface area contributed by atoms with E-state index in [4.69, 9.17) is 11.2 Å². The van der Waals surface area contributed by atoms with Gasteiger partial charge in [0.2, 0.25) is 0 Å². The molecule has 57 heteroatoms. The Hall–Kier alpha value is 12.4. The van der Waals surface area contributed by atoms with Crippen molar-refractivity contribution in [3.8, 4) is 0 Å². The molecule has 0 saturated carbocycles. The van der Waals surface area contributed by atoms with Crippen LogP contribution in [0.4, 0.5) is 0 Å². The van der Waals surface area contributed by atoms with Crippen LogP contribution in [0.25, 0.3) is 0 Å². The summed E-state index contributed by atoms with van der Waals surface area (Å²) in [7, 11) is 96.1. The fourth-order valence-electron chi connectivity index (χ4n) is 0.718. The minimum absolute atomic E-state index is 0.0541. The molecule has 0 aliphatic heterocycles. The van der Waals surface area contributed by atoms with Crippen molar-refractivity contribution >= 4 is 500 Å². The Morgan fingerprint density at radius 1 is 0.230 bits per heavy atom. The highest BCUT2D eigenvalue weighted by molar-refractivity contribution is 8.83. The molecule has 61 heavy (non-hydrogen) atoms. The van der Waals surface area contributed by atoms with Gasteiger partial charge in [-0.2, -0.15) is 0 Å². The van der Waals surface area contributed by atoms with E-state index in [0.717, 1.165) is 0 Å². The van der Waals surface area contributed by atoms with Crippen LogP contribution in [-0.4, -0.2) is 9.30 Å². The molecule has 368 valence electrons.